The van der Waals surface area contributed by atoms with Gasteiger partial charge in [-0.25, -0.2) is 9.78 Å². The summed E-state index contributed by atoms with van der Waals surface area (Å²) in [6, 6.07) is 22.9. The van der Waals surface area contributed by atoms with Gasteiger partial charge < -0.3 is 4.74 Å². The number of carbonyl (C=O) groups is 1. The van der Waals surface area contributed by atoms with Gasteiger partial charge in [0.1, 0.15) is 10.2 Å². The van der Waals surface area contributed by atoms with Crippen molar-refractivity contribution < 1.29 is 9.53 Å². The minimum atomic E-state index is -0.708. The fraction of sp³-hybridized carbons (Fsp3) is 0.240. The smallest absolute Gasteiger partial charge is 0.331 e. The molecule has 0 saturated carbocycles. The molecule has 0 N–H and O–H groups in total. The summed E-state index contributed by atoms with van der Waals surface area (Å²) in [5.41, 5.74) is 2.95. The number of aliphatic imine (C=N–C) groups is 1. The lowest BCUT2D eigenvalue weighted by atomic mass is 10.0. The molecule has 0 fully saturated rings. The second-order valence-corrected chi connectivity index (χ2v) is 8.67. The molecule has 0 saturated heterocycles. The van der Waals surface area contributed by atoms with E-state index in [-0.39, 0.29) is 5.97 Å². The number of halogens is 1. The van der Waals surface area contributed by atoms with Gasteiger partial charge in [-0.15, -0.1) is 0 Å². The van der Waals surface area contributed by atoms with Crippen molar-refractivity contribution in [1.82, 2.24) is 4.98 Å². The van der Waals surface area contributed by atoms with Crippen molar-refractivity contribution in [1.29, 1.82) is 0 Å². The van der Waals surface area contributed by atoms with Gasteiger partial charge in [0.25, 0.3) is 0 Å². The standard InChI is InChI=1S/C25H25BrN2O2/c1-25(2,3)30-24(29)21(17-20-15-10-16-27-23(20)26)28-22(18-11-6-4-7-12-18)19-13-8-5-9-14-19/h4-16,21H,17H2,1-3H3/t21-/m0/s1. The van der Waals surface area contributed by atoms with Crippen LogP contribution in [0.2, 0.25) is 0 Å². The molecule has 30 heavy (non-hydrogen) atoms. The first-order valence-corrected chi connectivity index (χ1v) is 10.6. The third-order valence-electron chi connectivity index (χ3n) is 4.31. The average molecular weight is 465 g/mol. The third kappa shape index (κ3) is 6.10. The second kappa shape index (κ2) is 9.81. The Hall–Kier alpha value is -2.79. The summed E-state index contributed by atoms with van der Waals surface area (Å²) in [5, 5.41) is 0. The number of benzene rings is 2. The van der Waals surface area contributed by atoms with E-state index in [9.17, 15) is 4.79 Å². The van der Waals surface area contributed by atoms with E-state index in [1.165, 1.54) is 0 Å². The molecule has 154 valence electrons. The first-order valence-electron chi connectivity index (χ1n) is 9.84. The highest BCUT2D eigenvalue weighted by Crippen LogP contribution is 2.20. The number of ether oxygens (including phenoxy) is 1. The largest absolute Gasteiger partial charge is 0.458 e. The summed E-state index contributed by atoms with van der Waals surface area (Å²) in [5.74, 6) is -0.359. The Morgan fingerprint density at radius 3 is 2.03 bits per heavy atom. The van der Waals surface area contributed by atoms with Crippen LogP contribution in [-0.2, 0) is 16.0 Å². The van der Waals surface area contributed by atoms with Gasteiger partial charge in [-0.05, 0) is 48.3 Å². The Kier molecular flexibility index (Phi) is 7.16. The summed E-state index contributed by atoms with van der Waals surface area (Å²) < 4.78 is 6.41. The van der Waals surface area contributed by atoms with E-state index in [1.807, 2.05) is 93.6 Å². The number of aromatic nitrogens is 1. The summed E-state index contributed by atoms with van der Waals surface area (Å²) in [4.78, 5) is 22.3. The van der Waals surface area contributed by atoms with Crippen molar-refractivity contribution in [2.45, 2.75) is 38.8 Å². The average Bonchev–Trinajstić information content (AvgIpc) is 2.72. The van der Waals surface area contributed by atoms with Crippen molar-refractivity contribution in [2.24, 2.45) is 4.99 Å². The molecule has 3 rings (SSSR count). The van der Waals surface area contributed by atoms with Crippen molar-refractivity contribution in [3.8, 4) is 0 Å². The number of pyridine rings is 1. The third-order valence-corrected chi connectivity index (χ3v) is 5.02. The van der Waals surface area contributed by atoms with Crippen LogP contribution in [-0.4, -0.2) is 28.3 Å². The monoisotopic (exact) mass is 464 g/mol. The Morgan fingerprint density at radius 2 is 1.53 bits per heavy atom. The van der Waals surface area contributed by atoms with E-state index in [0.717, 1.165) is 22.4 Å². The molecule has 0 unspecified atom stereocenters. The molecular formula is C25H25BrN2O2. The molecule has 0 amide bonds. The highest BCUT2D eigenvalue weighted by atomic mass is 79.9. The SMILES string of the molecule is CC(C)(C)OC(=O)[C@H](Cc1cccnc1Br)N=C(c1ccccc1)c1ccccc1. The van der Waals surface area contributed by atoms with Crippen LogP contribution in [0.25, 0.3) is 0 Å². The van der Waals surface area contributed by atoms with Crippen molar-refractivity contribution in [2.75, 3.05) is 0 Å². The zero-order valence-electron chi connectivity index (χ0n) is 17.4. The van der Waals surface area contributed by atoms with Gasteiger partial charge >= 0.3 is 5.97 Å². The van der Waals surface area contributed by atoms with Gasteiger partial charge in [-0.3, -0.25) is 4.99 Å². The lowest BCUT2D eigenvalue weighted by Crippen LogP contribution is -2.33. The van der Waals surface area contributed by atoms with Crippen molar-refractivity contribution >= 4 is 27.6 Å². The molecule has 0 spiro atoms. The molecule has 0 aliphatic heterocycles. The Labute approximate surface area is 186 Å². The van der Waals surface area contributed by atoms with Crippen LogP contribution in [0.3, 0.4) is 0 Å². The molecule has 1 atom stereocenters. The maximum atomic E-state index is 13.1. The van der Waals surface area contributed by atoms with Crippen LogP contribution in [0.4, 0.5) is 0 Å². The van der Waals surface area contributed by atoms with E-state index in [4.69, 9.17) is 9.73 Å². The second-order valence-electron chi connectivity index (χ2n) is 7.92. The quantitative estimate of drug-likeness (QED) is 0.269. The van der Waals surface area contributed by atoms with Crippen LogP contribution in [0.5, 0.6) is 0 Å². The molecule has 2 aromatic carbocycles. The van der Waals surface area contributed by atoms with E-state index >= 15 is 0 Å². The molecule has 5 heteroatoms. The number of rotatable bonds is 6. The predicted octanol–water partition coefficient (Wildman–Crippen LogP) is 5.63. The minimum Gasteiger partial charge on any atom is -0.458 e. The number of hydrogen-bond acceptors (Lipinski definition) is 4. The van der Waals surface area contributed by atoms with Gasteiger partial charge in [-0.1, -0.05) is 66.7 Å². The van der Waals surface area contributed by atoms with E-state index in [0.29, 0.717) is 11.0 Å². The van der Waals surface area contributed by atoms with Crippen LogP contribution >= 0.6 is 15.9 Å². The highest BCUT2D eigenvalue weighted by Gasteiger charge is 2.27. The molecular weight excluding hydrogens is 440 g/mol. The Bertz CT molecular complexity index is 971. The molecule has 3 aromatic rings. The number of nitrogens with zero attached hydrogens (tertiary/aromatic N) is 2. The first-order chi connectivity index (χ1) is 14.3. The summed E-state index contributed by atoms with van der Waals surface area (Å²) in [6.45, 7) is 5.59. The fourth-order valence-electron chi connectivity index (χ4n) is 2.99. The van der Waals surface area contributed by atoms with Crippen LogP contribution in [0.15, 0.2) is 88.6 Å². The van der Waals surface area contributed by atoms with E-state index < -0.39 is 11.6 Å². The Balaban J connectivity index is 2.08. The molecule has 0 radical (unpaired) electrons. The zero-order chi connectivity index (χ0) is 21.6. The van der Waals surface area contributed by atoms with Gasteiger partial charge in [0.15, 0.2) is 6.04 Å². The minimum absolute atomic E-state index is 0.359. The molecule has 1 aromatic heterocycles. The van der Waals surface area contributed by atoms with E-state index in [2.05, 4.69) is 20.9 Å². The lowest BCUT2D eigenvalue weighted by molar-refractivity contribution is -0.156. The van der Waals surface area contributed by atoms with E-state index in [1.54, 1.807) is 6.20 Å². The fourth-order valence-corrected chi connectivity index (χ4v) is 3.41. The van der Waals surface area contributed by atoms with Crippen LogP contribution in [0, 0.1) is 0 Å². The molecule has 0 aliphatic rings. The van der Waals surface area contributed by atoms with Gasteiger partial charge in [0.2, 0.25) is 0 Å². The van der Waals surface area contributed by atoms with Gasteiger partial charge in [-0.2, -0.15) is 0 Å². The zero-order valence-corrected chi connectivity index (χ0v) is 19.0. The normalized spacial score (nSPS) is 12.1. The summed E-state index contributed by atoms with van der Waals surface area (Å²) in [6.07, 6.45) is 2.09. The summed E-state index contributed by atoms with van der Waals surface area (Å²) in [7, 11) is 0. The Morgan fingerprint density at radius 1 is 0.967 bits per heavy atom. The van der Waals surface area contributed by atoms with Crippen LogP contribution in [0.1, 0.15) is 37.5 Å². The molecule has 0 bridgehead atoms. The predicted molar refractivity (Wildman–Crippen MR) is 124 cm³/mol. The topological polar surface area (TPSA) is 51.5 Å². The maximum absolute atomic E-state index is 13.1. The van der Waals surface area contributed by atoms with Crippen LogP contribution < -0.4 is 0 Å². The highest BCUT2D eigenvalue weighted by molar-refractivity contribution is 9.10. The van der Waals surface area contributed by atoms with Crippen molar-refractivity contribution in [3.63, 3.8) is 0 Å². The lowest BCUT2D eigenvalue weighted by Gasteiger charge is -2.23. The van der Waals surface area contributed by atoms with Gasteiger partial charge in [0, 0.05) is 23.7 Å². The summed E-state index contributed by atoms with van der Waals surface area (Å²) >= 11 is 3.48. The maximum Gasteiger partial charge on any atom is 0.331 e. The number of esters is 1. The molecule has 1 heterocycles. The number of carbonyl (C=O) groups excluding carboxylic acids is 1. The molecule has 0 aliphatic carbocycles. The van der Waals surface area contributed by atoms with Crippen molar-refractivity contribution in [3.05, 3.63) is 100 Å². The molecule has 4 nitrogen and oxygen atoms in total. The number of hydrogen-bond donors (Lipinski definition) is 0. The van der Waals surface area contributed by atoms with Gasteiger partial charge in [0.05, 0.1) is 5.71 Å². The first kappa shape index (κ1) is 21.9.